The van der Waals surface area contributed by atoms with Crippen LogP contribution in [-0.4, -0.2) is 23.3 Å². The highest BCUT2D eigenvalue weighted by molar-refractivity contribution is 6.35. The van der Waals surface area contributed by atoms with Crippen molar-refractivity contribution in [1.29, 1.82) is 0 Å². The second-order valence-corrected chi connectivity index (χ2v) is 7.70. The van der Waals surface area contributed by atoms with Crippen LogP contribution in [0.1, 0.15) is 33.2 Å². The number of fused-ring (bicyclic) bond motifs is 1. The maximum atomic E-state index is 12.5. The van der Waals surface area contributed by atoms with Crippen molar-refractivity contribution in [3.8, 4) is 11.5 Å². The number of carbonyl (C=O) groups is 2. The van der Waals surface area contributed by atoms with Gasteiger partial charge >= 0.3 is 0 Å². The standard InChI is InChI=1S/C24H17Cl2NO3/c1-15(12-13-27-23(28)19-4-2-3-5-20(19)24(27)29)16-6-9-18(10-7-16)30-22-11-8-17(25)14-21(22)26/h2-12,14H,13H2,1H3. The van der Waals surface area contributed by atoms with Gasteiger partial charge in [0.15, 0.2) is 0 Å². The smallest absolute Gasteiger partial charge is 0.261 e. The number of carbonyl (C=O) groups excluding carboxylic acids is 2. The molecule has 0 aromatic heterocycles. The molecule has 3 aromatic rings. The van der Waals surface area contributed by atoms with Crippen molar-refractivity contribution in [2.24, 2.45) is 0 Å². The summed E-state index contributed by atoms with van der Waals surface area (Å²) in [6.45, 7) is 2.15. The van der Waals surface area contributed by atoms with E-state index in [1.165, 1.54) is 4.90 Å². The van der Waals surface area contributed by atoms with Crippen molar-refractivity contribution in [2.75, 3.05) is 6.54 Å². The van der Waals surface area contributed by atoms with E-state index in [9.17, 15) is 9.59 Å². The minimum atomic E-state index is -0.261. The van der Waals surface area contributed by atoms with Crippen LogP contribution >= 0.6 is 23.2 Å². The van der Waals surface area contributed by atoms with E-state index in [0.717, 1.165) is 11.1 Å². The van der Waals surface area contributed by atoms with Gasteiger partial charge in [-0.2, -0.15) is 0 Å². The number of hydrogen-bond donors (Lipinski definition) is 0. The van der Waals surface area contributed by atoms with Gasteiger partial charge in [-0.25, -0.2) is 0 Å². The van der Waals surface area contributed by atoms with Crippen LogP contribution in [0.5, 0.6) is 11.5 Å². The first-order valence-corrected chi connectivity index (χ1v) is 10.0. The molecule has 3 aromatic carbocycles. The summed E-state index contributed by atoms with van der Waals surface area (Å²) in [5.41, 5.74) is 2.82. The number of halogens is 2. The zero-order chi connectivity index (χ0) is 21.3. The summed E-state index contributed by atoms with van der Waals surface area (Å²) < 4.78 is 5.80. The molecule has 0 N–H and O–H groups in total. The van der Waals surface area contributed by atoms with E-state index < -0.39 is 0 Å². The number of hydrogen-bond acceptors (Lipinski definition) is 3. The molecular formula is C24H17Cl2NO3. The van der Waals surface area contributed by atoms with Gasteiger partial charge in [0.2, 0.25) is 0 Å². The summed E-state index contributed by atoms with van der Waals surface area (Å²) in [6.07, 6.45) is 1.87. The van der Waals surface area contributed by atoms with Gasteiger partial charge in [-0.05, 0) is 60.5 Å². The highest BCUT2D eigenvalue weighted by Crippen LogP contribution is 2.32. The quantitative estimate of drug-likeness (QED) is 0.428. The minimum absolute atomic E-state index is 0.219. The van der Waals surface area contributed by atoms with Crippen LogP contribution in [0.15, 0.2) is 72.8 Å². The summed E-state index contributed by atoms with van der Waals surface area (Å²) in [5, 5.41) is 0.977. The predicted octanol–water partition coefficient (Wildman–Crippen LogP) is 6.49. The molecule has 0 saturated heterocycles. The Morgan fingerprint density at radius 3 is 2.17 bits per heavy atom. The van der Waals surface area contributed by atoms with E-state index in [-0.39, 0.29) is 18.4 Å². The molecule has 30 heavy (non-hydrogen) atoms. The Hall–Kier alpha value is -3.08. The van der Waals surface area contributed by atoms with E-state index in [4.69, 9.17) is 27.9 Å². The van der Waals surface area contributed by atoms with E-state index in [0.29, 0.717) is 32.7 Å². The molecule has 0 unspecified atom stereocenters. The van der Waals surface area contributed by atoms with Gasteiger partial charge in [-0.1, -0.05) is 53.5 Å². The van der Waals surface area contributed by atoms with Crippen molar-refractivity contribution in [2.45, 2.75) is 6.92 Å². The number of nitrogens with zero attached hydrogens (tertiary/aromatic N) is 1. The van der Waals surface area contributed by atoms with Gasteiger partial charge < -0.3 is 4.74 Å². The number of rotatable bonds is 5. The summed E-state index contributed by atoms with van der Waals surface area (Å²) in [7, 11) is 0. The Balaban J connectivity index is 1.45. The summed E-state index contributed by atoms with van der Waals surface area (Å²) in [6, 6.07) is 19.4. The number of imide groups is 1. The molecule has 4 rings (SSSR count). The second-order valence-electron chi connectivity index (χ2n) is 6.85. The number of amides is 2. The fourth-order valence-electron chi connectivity index (χ4n) is 3.22. The van der Waals surface area contributed by atoms with Crippen LogP contribution in [0.25, 0.3) is 5.57 Å². The molecule has 0 atom stereocenters. The van der Waals surface area contributed by atoms with Gasteiger partial charge in [0.1, 0.15) is 11.5 Å². The molecule has 2 amide bonds. The highest BCUT2D eigenvalue weighted by atomic mass is 35.5. The van der Waals surface area contributed by atoms with Crippen LogP contribution < -0.4 is 4.74 Å². The third-order valence-corrected chi connectivity index (χ3v) is 5.42. The van der Waals surface area contributed by atoms with Crippen LogP contribution in [0.2, 0.25) is 10.0 Å². The molecule has 1 aliphatic rings. The maximum absolute atomic E-state index is 12.5. The van der Waals surface area contributed by atoms with E-state index >= 15 is 0 Å². The lowest BCUT2D eigenvalue weighted by Crippen LogP contribution is -2.29. The van der Waals surface area contributed by atoms with Crippen LogP contribution in [0.3, 0.4) is 0 Å². The monoisotopic (exact) mass is 437 g/mol. The van der Waals surface area contributed by atoms with Crippen LogP contribution in [0, 0.1) is 0 Å². The first-order valence-electron chi connectivity index (χ1n) is 9.29. The van der Waals surface area contributed by atoms with Crippen molar-refractivity contribution in [3.05, 3.63) is 99.5 Å². The molecule has 0 bridgehead atoms. The third kappa shape index (κ3) is 3.97. The lowest BCUT2D eigenvalue weighted by atomic mass is 10.1. The zero-order valence-electron chi connectivity index (χ0n) is 16.1. The Bertz CT molecular complexity index is 1130. The molecule has 1 aliphatic heterocycles. The van der Waals surface area contributed by atoms with E-state index in [1.807, 2.05) is 37.3 Å². The maximum Gasteiger partial charge on any atom is 0.261 e. The summed E-state index contributed by atoms with van der Waals surface area (Å²) in [5.74, 6) is 0.634. The van der Waals surface area contributed by atoms with Gasteiger partial charge in [0.25, 0.3) is 11.8 Å². The highest BCUT2D eigenvalue weighted by Gasteiger charge is 2.34. The first kappa shape index (κ1) is 20.2. The fourth-order valence-corrected chi connectivity index (χ4v) is 3.67. The molecule has 1 heterocycles. The average Bonchev–Trinajstić information content (AvgIpc) is 2.99. The van der Waals surface area contributed by atoms with Gasteiger partial charge in [0, 0.05) is 11.6 Å². The largest absolute Gasteiger partial charge is 0.456 e. The Morgan fingerprint density at radius 2 is 1.57 bits per heavy atom. The molecule has 0 fully saturated rings. The first-order chi connectivity index (χ1) is 14.4. The normalized spacial score (nSPS) is 13.6. The number of allylic oxidation sites excluding steroid dienone is 1. The lowest BCUT2D eigenvalue weighted by molar-refractivity contribution is 0.0672. The van der Waals surface area contributed by atoms with Crippen molar-refractivity contribution >= 4 is 40.6 Å². The van der Waals surface area contributed by atoms with Gasteiger partial charge in [-0.3, -0.25) is 14.5 Å². The van der Waals surface area contributed by atoms with Crippen LogP contribution in [-0.2, 0) is 0 Å². The van der Waals surface area contributed by atoms with Crippen LogP contribution in [0.4, 0.5) is 0 Å². The number of benzene rings is 3. The second kappa shape index (κ2) is 8.34. The predicted molar refractivity (Wildman–Crippen MR) is 118 cm³/mol. The summed E-state index contributed by atoms with van der Waals surface area (Å²) in [4.78, 5) is 26.2. The van der Waals surface area contributed by atoms with Gasteiger partial charge in [0.05, 0.1) is 16.1 Å². The average molecular weight is 438 g/mol. The third-order valence-electron chi connectivity index (χ3n) is 4.89. The zero-order valence-corrected chi connectivity index (χ0v) is 17.6. The minimum Gasteiger partial charge on any atom is -0.456 e. The number of ether oxygens (including phenoxy) is 1. The molecule has 0 spiro atoms. The Labute approximate surface area is 184 Å². The topological polar surface area (TPSA) is 46.6 Å². The summed E-state index contributed by atoms with van der Waals surface area (Å²) >= 11 is 12.0. The molecule has 150 valence electrons. The van der Waals surface area contributed by atoms with E-state index in [1.54, 1.807) is 42.5 Å². The molecule has 6 heteroatoms. The molecule has 0 radical (unpaired) electrons. The van der Waals surface area contributed by atoms with Crippen molar-refractivity contribution < 1.29 is 14.3 Å². The molecular weight excluding hydrogens is 421 g/mol. The molecule has 0 saturated carbocycles. The fraction of sp³-hybridized carbons (Fsp3) is 0.0833. The van der Waals surface area contributed by atoms with Crippen molar-refractivity contribution in [3.63, 3.8) is 0 Å². The van der Waals surface area contributed by atoms with E-state index in [2.05, 4.69) is 0 Å². The van der Waals surface area contributed by atoms with Crippen molar-refractivity contribution in [1.82, 2.24) is 4.90 Å². The molecule has 0 aliphatic carbocycles. The Kier molecular flexibility index (Phi) is 5.62. The lowest BCUT2D eigenvalue weighted by Gasteiger charge is -2.12. The van der Waals surface area contributed by atoms with Gasteiger partial charge in [-0.15, -0.1) is 0 Å². The molecule has 4 nitrogen and oxygen atoms in total. The SMILES string of the molecule is CC(=CCN1C(=O)c2ccccc2C1=O)c1ccc(Oc2ccc(Cl)cc2Cl)cc1. The Morgan fingerprint density at radius 1 is 0.933 bits per heavy atom.